The highest BCUT2D eigenvalue weighted by Gasteiger charge is 2.24. The van der Waals surface area contributed by atoms with Gasteiger partial charge in [0, 0.05) is 16.6 Å². The van der Waals surface area contributed by atoms with E-state index >= 15 is 0 Å². The van der Waals surface area contributed by atoms with Crippen LogP contribution in [0.3, 0.4) is 0 Å². The Morgan fingerprint density at radius 3 is 2.71 bits per heavy atom. The lowest BCUT2D eigenvalue weighted by atomic mass is 10.2. The van der Waals surface area contributed by atoms with E-state index < -0.39 is 0 Å². The van der Waals surface area contributed by atoms with Crippen LogP contribution in [0.5, 0.6) is 0 Å². The van der Waals surface area contributed by atoms with Crippen LogP contribution >= 0.6 is 15.9 Å². The van der Waals surface area contributed by atoms with E-state index in [1.54, 1.807) is 0 Å². The average Bonchev–Trinajstić information content (AvgIpc) is 2.61. The van der Waals surface area contributed by atoms with Gasteiger partial charge in [0.05, 0.1) is 12.2 Å². The molecule has 1 saturated heterocycles. The largest absolute Gasteiger partial charge is 0.365 e. The zero-order chi connectivity index (χ0) is 16.8. The number of hydrogen-bond acceptors (Lipinski definition) is 2. The fraction of sp³-hybridized carbons (Fsp3) is 0.316. The van der Waals surface area contributed by atoms with Gasteiger partial charge in [0.25, 0.3) is 5.91 Å². The SMILES string of the molecule is O=C(NC[C@@H]1C[NH+](Cc2ccccc2)CCO1)c1ccccc1Br. The van der Waals surface area contributed by atoms with E-state index in [1.807, 2.05) is 30.3 Å². The molecule has 3 rings (SSSR count). The normalized spacial score (nSPS) is 20.5. The van der Waals surface area contributed by atoms with E-state index in [2.05, 4.69) is 45.5 Å². The minimum absolute atomic E-state index is 0.0592. The van der Waals surface area contributed by atoms with E-state index in [9.17, 15) is 4.79 Å². The molecule has 126 valence electrons. The standard InChI is InChI=1S/C19H21BrN2O2/c20-18-9-5-4-8-17(18)19(23)21-12-16-14-22(10-11-24-16)13-15-6-2-1-3-7-15/h1-9,16H,10-14H2,(H,21,23)/p+1/t16-/m1/s1. The van der Waals surface area contributed by atoms with Crippen LogP contribution in [0.1, 0.15) is 15.9 Å². The number of nitrogens with one attached hydrogen (secondary N) is 2. The maximum atomic E-state index is 12.3. The van der Waals surface area contributed by atoms with Gasteiger partial charge in [-0.3, -0.25) is 4.79 Å². The molecule has 1 fully saturated rings. The number of ether oxygens (including phenoxy) is 1. The van der Waals surface area contributed by atoms with E-state index in [0.717, 1.165) is 30.7 Å². The molecule has 0 radical (unpaired) electrons. The third kappa shape index (κ3) is 4.66. The summed E-state index contributed by atoms with van der Waals surface area (Å²) in [5.41, 5.74) is 1.99. The van der Waals surface area contributed by atoms with Gasteiger partial charge < -0.3 is 15.0 Å². The monoisotopic (exact) mass is 389 g/mol. The number of morpholine rings is 1. The van der Waals surface area contributed by atoms with Gasteiger partial charge in [0.1, 0.15) is 25.7 Å². The lowest BCUT2D eigenvalue weighted by Crippen LogP contribution is -3.13. The molecule has 5 heteroatoms. The summed E-state index contributed by atoms with van der Waals surface area (Å²) in [4.78, 5) is 13.8. The molecular weight excluding hydrogens is 368 g/mol. The third-order valence-electron chi connectivity index (χ3n) is 4.23. The van der Waals surface area contributed by atoms with Gasteiger partial charge in [-0.15, -0.1) is 0 Å². The van der Waals surface area contributed by atoms with Crippen molar-refractivity contribution in [1.82, 2.24) is 5.32 Å². The number of carbonyl (C=O) groups excluding carboxylic acids is 1. The van der Waals surface area contributed by atoms with Gasteiger partial charge >= 0.3 is 0 Å². The molecular formula is C19H22BrN2O2+. The predicted molar refractivity (Wildman–Crippen MR) is 97.1 cm³/mol. The van der Waals surface area contributed by atoms with Crippen molar-refractivity contribution in [3.63, 3.8) is 0 Å². The molecule has 1 aliphatic heterocycles. The Bertz CT molecular complexity index is 678. The van der Waals surface area contributed by atoms with Gasteiger partial charge in [-0.2, -0.15) is 0 Å². The average molecular weight is 390 g/mol. The van der Waals surface area contributed by atoms with Crippen LogP contribution in [-0.4, -0.2) is 38.3 Å². The van der Waals surface area contributed by atoms with Crippen molar-refractivity contribution in [1.29, 1.82) is 0 Å². The van der Waals surface area contributed by atoms with Gasteiger partial charge in [0.2, 0.25) is 0 Å². The molecule has 4 nitrogen and oxygen atoms in total. The van der Waals surface area contributed by atoms with Crippen LogP contribution in [-0.2, 0) is 11.3 Å². The Balaban J connectivity index is 1.50. The summed E-state index contributed by atoms with van der Waals surface area (Å²) in [6, 6.07) is 18.0. The first kappa shape index (κ1) is 17.1. The highest BCUT2D eigenvalue weighted by atomic mass is 79.9. The number of halogens is 1. The van der Waals surface area contributed by atoms with Gasteiger partial charge in [-0.05, 0) is 28.1 Å². The highest BCUT2D eigenvalue weighted by molar-refractivity contribution is 9.10. The van der Waals surface area contributed by atoms with Crippen molar-refractivity contribution in [3.05, 3.63) is 70.2 Å². The minimum atomic E-state index is -0.0683. The van der Waals surface area contributed by atoms with Crippen LogP contribution in [0.2, 0.25) is 0 Å². The summed E-state index contributed by atoms with van der Waals surface area (Å²) in [5.74, 6) is -0.0683. The fourth-order valence-corrected chi connectivity index (χ4v) is 3.44. The molecule has 0 bridgehead atoms. The second-order valence-electron chi connectivity index (χ2n) is 6.05. The summed E-state index contributed by atoms with van der Waals surface area (Å²) in [5, 5.41) is 2.99. The topological polar surface area (TPSA) is 42.8 Å². The molecule has 2 aromatic rings. The fourth-order valence-electron chi connectivity index (χ4n) is 2.98. The van der Waals surface area contributed by atoms with Gasteiger partial charge in [-0.25, -0.2) is 0 Å². The summed E-state index contributed by atoms with van der Waals surface area (Å²) in [6.45, 7) is 4.18. The molecule has 1 amide bonds. The predicted octanol–water partition coefficient (Wildman–Crippen LogP) is 1.66. The van der Waals surface area contributed by atoms with Crippen LogP contribution in [0, 0.1) is 0 Å². The molecule has 2 N–H and O–H groups in total. The second kappa shape index (κ2) is 8.42. The number of quaternary nitrogens is 1. The van der Waals surface area contributed by atoms with Crippen LogP contribution in [0.25, 0.3) is 0 Å². The van der Waals surface area contributed by atoms with Gasteiger partial charge in [-0.1, -0.05) is 42.5 Å². The number of benzene rings is 2. The molecule has 2 aromatic carbocycles. The molecule has 2 atom stereocenters. The van der Waals surface area contributed by atoms with E-state index in [4.69, 9.17) is 4.74 Å². The maximum absolute atomic E-state index is 12.3. The molecule has 0 aromatic heterocycles. The Morgan fingerprint density at radius 1 is 1.17 bits per heavy atom. The van der Waals surface area contributed by atoms with E-state index in [0.29, 0.717) is 12.1 Å². The first-order valence-electron chi connectivity index (χ1n) is 8.24. The number of amides is 1. The Kier molecular flexibility index (Phi) is 6.01. The van der Waals surface area contributed by atoms with Crippen molar-refractivity contribution in [2.24, 2.45) is 0 Å². The lowest BCUT2D eigenvalue weighted by Gasteiger charge is -2.30. The second-order valence-corrected chi connectivity index (χ2v) is 6.90. The van der Waals surface area contributed by atoms with Crippen molar-refractivity contribution in [3.8, 4) is 0 Å². The Labute approximate surface area is 150 Å². The van der Waals surface area contributed by atoms with E-state index in [-0.39, 0.29) is 12.0 Å². The van der Waals surface area contributed by atoms with E-state index in [1.165, 1.54) is 10.5 Å². The Hall–Kier alpha value is -1.69. The lowest BCUT2D eigenvalue weighted by molar-refractivity contribution is -0.925. The molecule has 1 aliphatic rings. The van der Waals surface area contributed by atoms with Crippen molar-refractivity contribution >= 4 is 21.8 Å². The quantitative estimate of drug-likeness (QED) is 0.816. The van der Waals surface area contributed by atoms with Gasteiger partial charge in [0.15, 0.2) is 0 Å². The maximum Gasteiger partial charge on any atom is 0.252 e. The zero-order valence-corrected chi connectivity index (χ0v) is 15.1. The molecule has 1 heterocycles. The molecule has 1 unspecified atom stereocenters. The summed E-state index contributed by atoms with van der Waals surface area (Å²) in [7, 11) is 0. The van der Waals surface area contributed by atoms with Crippen LogP contribution in [0.4, 0.5) is 0 Å². The first-order valence-corrected chi connectivity index (χ1v) is 9.03. The molecule has 0 aliphatic carbocycles. The van der Waals surface area contributed by atoms with Crippen molar-refractivity contribution < 1.29 is 14.4 Å². The van der Waals surface area contributed by atoms with Crippen molar-refractivity contribution in [2.45, 2.75) is 12.6 Å². The number of carbonyl (C=O) groups is 1. The number of rotatable bonds is 5. The van der Waals surface area contributed by atoms with Crippen LogP contribution in [0.15, 0.2) is 59.1 Å². The first-order chi connectivity index (χ1) is 11.7. The van der Waals surface area contributed by atoms with Crippen LogP contribution < -0.4 is 10.2 Å². The molecule has 24 heavy (non-hydrogen) atoms. The minimum Gasteiger partial charge on any atom is -0.365 e. The number of hydrogen-bond donors (Lipinski definition) is 2. The molecule has 0 spiro atoms. The Morgan fingerprint density at radius 2 is 1.92 bits per heavy atom. The summed E-state index contributed by atoms with van der Waals surface area (Å²) < 4.78 is 6.62. The summed E-state index contributed by atoms with van der Waals surface area (Å²) >= 11 is 3.41. The summed E-state index contributed by atoms with van der Waals surface area (Å²) in [6.07, 6.45) is 0.0592. The third-order valence-corrected chi connectivity index (χ3v) is 4.92. The van der Waals surface area contributed by atoms with Crippen molar-refractivity contribution in [2.75, 3.05) is 26.2 Å². The smallest absolute Gasteiger partial charge is 0.252 e. The zero-order valence-electron chi connectivity index (χ0n) is 13.5. The molecule has 0 saturated carbocycles. The highest BCUT2D eigenvalue weighted by Crippen LogP contribution is 2.15.